The van der Waals surface area contributed by atoms with Crippen molar-refractivity contribution in [3.8, 4) is 0 Å². The molecule has 1 aliphatic rings. The van der Waals surface area contributed by atoms with Crippen LogP contribution in [0.1, 0.15) is 11.1 Å². The number of thioether (sulfide) groups is 1. The molecule has 7 heteroatoms. The highest BCUT2D eigenvalue weighted by atomic mass is 35.5. The highest BCUT2D eigenvalue weighted by Gasteiger charge is 2.41. The van der Waals surface area contributed by atoms with Crippen molar-refractivity contribution in [3.63, 3.8) is 0 Å². The zero-order valence-electron chi connectivity index (χ0n) is 16.8. The number of hydrogen-bond donors (Lipinski definition) is 1. The summed E-state index contributed by atoms with van der Waals surface area (Å²) in [5.74, 6) is -0.874. The van der Waals surface area contributed by atoms with E-state index in [0.717, 1.165) is 26.6 Å². The monoisotopic (exact) mass is 468 g/mol. The van der Waals surface area contributed by atoms with Crippen LogP contribution in [0.25, 0.3) is 0 Å². The Bertz CT molecular complexity index is 1220. The summed E-state index contributed by atoms with van der Waals surface area (Å²) in [6, 6.07) is 19.8. The third kappa shape index (κ3) is 4.35. The van der Waals surface area contributed by atoms with E-state index in [-0.39, 0.29) is 5.70 Å². The van der Waals surface area contributed by atoms with E-state index in [4.69, 9.17) is 23.2 Å². The Morgan fingerprint density at radius 2 is 1.58 bits per heavy atom. The zero-order valence-corrected chi connectivity index (χ0v) is 19.1. The molecule has 0 unspecified atom stereocenters. The van der Waals surface area contributed by atoms with E-state index in [9.17, 15) is 9.59 Å². The first-order valence-corrected chi connectivity index (χ1v) is 11.1. The Labute approximate surface area is 194 Å². The largest absolute Gasteiger partial charge is 0.350 e. The maximum absolute atomic E-state index is 13.4. The van der Waals surface area contributed by atoms with Gasteiger partial charge in [0.2, 0.25) is 0 Å². The molecule has 0 saturated carbocycles. The number of imide groups is 1. The molecule has 0 aliphatic carbocycles. The second-order valence-electron chi connectivity index (χ2n) is 7.10. The molecule has 1 N–H and O–H groups in total. The number of nitrogens with zero attached hydrogens (tertiary/aromatic N) is 1. The maximum Gasteiger partial charge on any atom is 0.283 e. The SMILES string of the molecule is Cc1ccc(C)c(NC2=C(Sc3ccc(Cl)cc3)C(=O)N(c3ccccc3Cl)C2=O)c1. The maximum atomic E-state index is 13.4. The molecule has 0 atom stereocenters. The number of halogens is 2. The van der Waals surface area contributed by atoms with Gasteiger partial charge in [-0.05, 0) is 67.4 Å². The van der Waals surface area contributed by atoms with E-state index in [0.29, 0.717) is 20.6 Å². The summed E-state index contributed by atoms with van der Waals surface area (Å²) >= 11 is 13.5. The minimum absolute atomic E-state index is 0.221. The number of aryl methyl sites for hydroxylation is 2. The van der Waals surface area contributed by atoms with Crippen LogP contribution in [0.3, 0.4) is 0 Å². The molecule has 31 heavy (non-hydrogen) atoms. The molecular weight excluding hydrogens is 451 g/mol. The van der Waals surface area contributed by atoms with E-state index in [2.05, 4.69) is 5.32 Å². The average Bonchev–Trinajstić information content (AvgIpc) is 2.97. The molecule has 0 radical (unpaired) electrons. The number of carbonyl (C=O) groups excluding carboxylic acids is 2. The summed E-state index contributed by atoms with van der Waals surface area (Å²) in [7, 11) is 0. The van der Waals surface area contributed by atoms with Crippen LogP contribution in [0, 0.1) is 13.8 Å². The standard InChI is InChI=1S/C24H18Cl2N2O2S/c1-14-7-8-15(2)19(13-14)27-21-22(31-17-11-9-16(25)10-12-17)24(30)28(23(21)29)20-6-4-3-5-18(20)26/h3-13,27H,1-2H3. The fourth-order valence-electron chi connectivity index (χ4n) is 3.19. The van der Waals surface area contributed by atoms with Crippen LogP contribution in [0.5, 0.6) is 0 Å². The number of para-hydroxylation sites is 1. The number of carbonyl (C=O) groups is 2. The molecule has 0 fully saturated rings. The first kappa shape index (κ1) is 21.5. The third-order valence-electron chi connectivity index (χ3n) is 4.82. The third-order valence-corrected chi connectivity index (χ3v) is 6.48. The summed E-state index contributed by atoms with van der Waals surface area (Å²) in [5, 5.41) is 4.13. The van der Waals surface area contributed by atoms with Gasteiger partial charge in [-0.1, -0.05) is 59.2 Å². The van der Waals surface area contributed by atoms with Crippen LogP contribution < -0.4 is 10.2 Å². The van der Waals surface area contributed by atoms with Crippen LogP contribution in [0.15, 0.2) is 82.2 Å². The minimum Gasteiger partial charge on any atom is -0.350 e. The molecule has 0 saturated heterocycles. The van der Waals surface area contributed by atoms with Crippen molar-refractivity contribution >= 4 is 58.2 Å². The topological polar surface area (TPSA) is 49.4 Å². The molecule has 0 spiro atoms. The predicted octanol–water partition coefficient (Wildman–Crippen LogP) is 6.60. The Balaban J connectivity index is 1.79. The van der Waals surface area contributed by atoms with Gasteiger partial charge in [0.25, 0.3) is 11.8 Å². The van der Waals surface area contributed by atoms with E-state index in [1.807, 2.05) is 44.2 Å². The average molecular weight is 469 g/mol. The van der Waals surface area contributed by atoms with Crippen LogP contribution >= 0.6 is 35.0 Å². The van der Waals surface area contributed by atoms with E-state index >= 15 is 0 Å². The van der Waals surface area contributed by atoms with Gasteiger partial charge in [-0.3, -0.25) is 9.59 Å². The van der Waals surface area contributed by atoms with Crippen molar-refractivity contribution in [3.05, 3.63) is 98.5 Å². The molecular formula is C24H18Cl2N2O2S. The second-order valence-corrected chi connectivity index (χ2v) is 9.03. The van der Waals surface area contributed by atoms with Crippen molar-refractivity contribution in [2.45, 2.75) is 18.7 Å². The van der Waals surface area contributed by atoms with Gasteiger partial charge in [0.15, 0.2) is 0 Å². The number of anilines is 2. The Hall–Kier alpha value is -2.73. The van der Waals surface area contributed by atoms with Gasteiger partial charge in [-0.25, -0.2) is 4.90 Å². The van der Waals surface area contributed by atoms with Crippen molar-refractivity contribution in [2.24, 2.45) is 0 Å². The summed E-state index contributed by atoms with van der Waals surface area (Å²) < 4.78 is 0. The van der Waals surface area contributed by atoms with Crippen LogP contribution in [-0.4, -0.2) is 11.8 Å². The Kier molecular flexibility index (Phi) is 6.10. The van der Waals surface area contributed by atoms with Gasteiger partial charge < -0.3 is 5.32 Å². The van der Waals surface area contributed by atoms with E-state index < -0.39 is 11.8 Å². The number of nitrogens with one attached hydrogen (secondary N) is 1. The molecule has 2 amide bonds. The van der Waals surface area contributed by atoms with Gasteiger partial charge in [0.05, 0.1) is 10.7 Å². The highest BCUT2D eigenvalue weighted by molar-refractivity contribution is 8.04. The molecule has 4 rings (SSSR count). The predicted molar refractivity (Wildman–Crippen MR) is 128 cm³/mol. The molecule has 3 aromatic carbocycles. The smallest absolute Gasteiger partial charge is 0.283 e. The molecule has 1 heterocycles. The normalized spacial score (nSPS) is 13.9. The first-order chi connectivity index (χ1) is 14.8. The zero-order chi connectivity index (χ0) is 22.1. The van der Waals surface area contributed by atoms with E-state index in [1.165, 1.54) is 11.8 Å². The number of benzene rings is 3. The fourth-order valence-corrected chi connectivity index (χ4v) is 4.47. The lowest BCUT2D eigenvalue weighted by Gasteiger charge is -2.17. The molecule has 3 aromatic rings. The number of amides is 2. The van der Waals surface area contributed by atoms with Gasteiger partial charge in [-0.15, -0.1) is 0 Å². The van der Waals surface area contributed by atoms with Crippen LogP contribution in [-0.2, 0) is 9.59 Å². The van der Waals surface area contributed by atoms with E-state index in [1.54, 1.807) is 36.4 Å². The van der Waals surface area contributed by atoms with Crippen molar-refractivity contribution in [2.75, 3.05) is 10.2 Å². The van der Waals surface area contributed by atoms with Crippen LogP contribution in [0.2, 0.25) is 10.0 Å². The van der Waals surface area contributed by atoms with Gasteiger partial charge in [0, 0.05) is 15.6 Å². The molecule has 156 valence electrons. The first-order valence-electron chi connectivity index (χ1n) is 9.50. The van der Waals surface area contributed by atoms with Crippen molar-refractivity contribution in [1.29, 1.82) is 0 Å². The van der Waals surface area contributed by atoms with Gasteiger partial charge in [0.1, 0.15) is 10.6 Å². The quantitative estimate of drug-likeness (QED) is 0.428. The lowest BCUT2D eigenvalue weighted by atomic mass is 10.1. The van der Waals surface area contributed by atoms with Crippen molar-refractivity contribution < 1.29 is 9.59 Å². The summed E-state index contributed by atoms with van der Waals surface area (Å²) in [5.41, 5.74) is 3.35. The Morgan fingerprint density at radius 1 is 0.871 bits per heavy atom. The fraction of sp³-hybridized carbons (Fsp3) is 0.0833. The molecule has 0 aromatic heterocycles. The van der Waals surface area contributed by atoms with Gasteiger partial charge >= 0.3 is 0 Å². The molecule has 0 bridgehead atoms. The molecule has 1 aliphatic heterocycles. The van der Waals surface area contributed by atoms with Gasteiger partial charge in [-0.2, -0.15) is 0 Å². The lowest BCUT2D eigenvalue weighted by Crippen LogP contribution is -2.32. The summed E-state index contributed by atoms with van der Waals surface area (Å²) in [4.78, 5) is 29.0. The molecule has 4 nitrogen and oxygen atoms in total. The van der Waals surface area contributed by atoms with Crippen molar-refractivity contribution in [1.82, 2.24) is 0 Å². The Morgan fingerprint density at radius 3 is 2.29 bits per heavy atom. The number of hydrogen-bond acceptors (Lipinski definition) is 4. The summed E-state index contributed by atoms with van der Waals surface area (Å²) in [6.45, 7) is 3.92. The second kappa shape index (κ2) is 8.79. The van der Waals surface area contributed by atoms with Crippen LogP contribution in [0.4, 0.5) is 11.4 Å². The summed E-state index contributed by atoms with van der Waals surface area (Å²) in [6.07, 6.45) is 0. The lowest BCUT2D eigenvalue weighted by molar-refractivity contribution is -0.120. The highest BCUT2D eigenvalue weighted by Crippen LogP contribution is 2.40. The minimum atomic E-state index is -0.449. The number of rotatable bonds is 5.